The van der Waals surface area contributed by atoms with E-state index < -0.39 is 0 Å². The predicted octanol–water partition coefficient (Wildman–Crippen LogP) is 3.91. The number of hydrogen-bond acceptors (Lipinski definition) is 6. The van der Waals surface area contributed by atoms with Crippen LogP contribution in [0, 0.1) is 6.92 Å². The van der Waals surface area contributed by atoms with E-state index in [2.05, 4.69) is 39.6 Å². The summed E-state index contributed by atoms with van der Waals surface area (Å²) in [5.74, 6) is 2.19. The maximum atomic E-state index is 12.9. The lowest BCUT2D eigenvalue weighted by molar-refractivity contribution is 0.305. The lowest BCUT2D eigenvalue weighted by atomic mass is 10.0. The Labute approximate surface area is 198 Å². The number of tetrazole rings is 1. The number of aromatic nitrogens is 7. The molecule has 0 bridgehead atoms. The fourth-order valence-electron chi connectivity index (χ4n) is 3.90. The van der Waals surface area contributed by atoms with Crippen LogP contribution in [0.4, 0.5) is 0 Å². The number of rotatable bonds is 11. The summed E-state index contributed by atoms with van der Waals surface area (Å²) in [5, 5.41) is 18.9. The Kier molecular flexibility index (Phi) is 7.51. The van der Waals surface area contributed by atoms with Crippen LogP contribution in [0.5, 0.6) is 5.75 Å². The first-order chi connectivity index (χ1) is 16.6. The molecule has 0 spiro atoms. The molecule has 2 heterocycles. The van der Waals surface area contributed by atoms with Crippen LogP contribution in [0.1, 0.15) is 55.6 Å². The van der Waals surface area contributed by atoms with Crippen LogP contribution in [0.2, 0.25) is 0 Å². The van der Waals surface area contributed by atoms with E-state index in [9.17, 15) is 4.79 Å². The Bertz CT molecular complexity index is 1260. The quantitative estimate of drug-likeness (QED) is 0.363. The standard InChI is InChI=1S/C25H31N7O2/c1-4-6-15-32-25(33)31(23(28-32)8-5-2)16-19-11-13-21(14-12-19)34-17-20-9-7-10-22(18(20)3)24-26-29-30-27-24/h7,9-14H,4-6,8,15-17H2,1-3H3,(H,26,27,29,30). The first-order valence-electron chi connectivity index (χ1n) is 11.8. The van der Waals surface area contributed by atoms with Gasteiger partial charge in [0.15, 0.2) is 0 Å². The summed E-state index contributed by atoms with van der Waals surface area (Å²) in [6, 6.07) is 13.9. The Hall–Kier alpha value is -3.75. The molecule has 0 aliphatic rings. The maximum Gasteiger partial charge on any atom is 0.346 e. The average molecular weight is 462 g/mol. The molecule has 0 fully saturated rings. The van der Waals surface area contributed by atoms with Crippen molar-refractivity contribution in [2.24, 2.45) is 0 Å². The topological polar surface area (TPSA) is 104 Å². The van der Waals surface area contributed by atoms with Gasteiger partial charge in [0.2, 0.25) is 5.82 Å². The second-order valence-corrected chi connectivity index (χ2v) is 8.37. The van der Waals surface area contributed by atoms with Crippen molar-refractivity contribution < 1.29 is 4.74 Å². The van der Waals surface area contributed by atoms with Gasteiger partial charge in [0, 0.05) is 18.5 Å². The minimum Gasteiger partial charge on any atom is -0.489 e. The van der Waals surface area contributed by atoms with E-state index >= 15 is 0 Å². The summed E-state index contributed by atoms with van der Waals surface area (Å²) in [5.41, 5.74) is 4.05. The summed E-state index contributed by atoms with van der Waals surface area (Å²) in [7, 11) is 0. The molecule has 0 saturated heterocycles. The Morgan fingerprint density at radius 1 is 1.06 bits per heavy atom. The molecule has 0 radical (unpaired) electrons. The van der Waals surface area contributed by atoms with Crippen molar-refractivity contribution in [2.75, 3.05) is 0 Å². The number of aryl methyl sites for hydroxylation is 2. The van der Waals surface area contributed by atoms with Gasteiger partial charge in [-0.05, 0) is 53.8 Å². The van der Waals surface area contributed by atoms with E-state index in [0.29, 0.717) is 25.5 Å². The Balaban J connectivity index is 1.44. The van der Waals surface area contributed by atoms with E-state index in [0.717, 1.165) is 59.5 Å². The number of H-pyrrole nitrogens is 1. The maximum absolute atomic E-state index is 12.9. The lowest BCUT2D eigenvalue weighted by Crippen LogP contribution is -2.26. The first-order valence-corrected chi connectivity index (χ1v) is 11.8. The smallest absolute Gasteiger partial charge is 0.346 e. The number of aromatic amines is 1. The highest BCUT2D eigenvalue weighted by Gasteiger charge is 2.13. The van der Waals surface area contributed by atoms with Crippen molar-refractivity contribution in [3.05, 3.63) is 75.5 Å². The van der Waals surface area contributed by atoms with Gasteiger partial charge in [0.1, 0.15) is 18.2 Å². The van der Waals surface area contributed by atoms with Crippen molar-refractivity contribution in [3.8, 4) is 17.1 Å². The minimum absolute atomic E-state index is 0.0332. The average Bonchev–Trinajstić information content (AvgIpc) is 3.48. The predicted molar refractivity (Wildman–Crippen MR) is 130 cm³/mol. The molecule has 4 aromatic rings. The zero-order valence-corrected chi connectivity index (χ0v) is 20.0. The van der Waals surface area contributed by atoms with Gasteiger partial charge in [-0.25, -0.2) is 9.48 Å². The number of nitrogens with zero attached hydrogens (tertiary/aromatic N) is 6. The molecule has 0 amide bonds. The van der Waals surface area contributed by atoms with Crippen molar-refractivity contribution in [1.82, 2.24) is 35.0 Å². The van der Waals surface area contributed by atoms with Gasteiger partial charge >= 0.3 is 5.69 Å². The minimum atomic E-state index is -0.0332. The highest BCUT2D eigenvalue weighted by molar-refractivity contribution is 5.61. The monoisotopic (exact) mass is 461 g/mol. The van der Waals surface area contributed by atoms with E-state index in [1.165, 1.54) is 0 Å². The molecule has 0 atom stereocenters. The molecule has 34 heavy (non-hydrogen) atoms. The first kappa shape index (κ1) is 23.4. The van der Waals surface area contributed by atoms with Crippen LogP contribution in [-0.2, 0) is 26.1 Å². The molecule has 0 unspecified atom stereocenters. The molecule has 0 aliphatic heterocycles. The Morgan fingerprint density at radius 3 is 2.59 bits per heavy atom. The molecule has 4 rings (SSSR count). The van der Waals surface area contributed by atoms with Crippen molar-refractivity contribution in [1.29, 1.82) is 0 Å². The van der Waals surface area contributed by atoms with E-state index in [-0.39, 0.29) is 5.69 Å². The fourth-order valence-corrected chi connectivity index (χ4v) is 3.90. The summed E-state index contributed by atoms with van der Waals surface area (Å²) >= 11 is 0. The van der Waals surface area contributed by atoms with Gasteiger partial charge in [-0.3, -0.25) is 4.57 Å². The third-order valence-corrected chi connectivity index (χ3v) is 5.89. The highest BCUT2D eigenvalue weighted by atomic mass is 16.5. The van der Waals surface area contributed by atoms with Crippen LogP contribution in [0.15, 0.2) is 47.3 Å². The molecule has 2 aromatic heterocycles. The van der Waals surface area contributed by atoms with Crippen molar-refractivity contribution in [2.45, 2.75) is 66.2 Å². The van der Waals surface area contributed by atoms with Crippen molar-refractivity contribution in [3.63, 3.8) is 0 Å². The molecule has 2 aromatic carbocycles. The van der Waals surface area contributed by atoms with Gasteiger partial charge in [0.05, 0.1) is 6.54 Å². The normalized spacial score (nSPS) is 11.1. The summed E-state index contributed by atoms with van der Waals surface area (Å²) in [4.78, 5) is 12.9. The fraction of sp³-hybridized carbons (Fsp3) is 0.400. The zero-order valence-electron chi connectivity index (χ0n) is 20.0. The number of unbranched alkanes of at least 4 members (excludes halogenated alkanes) is 1. The second kappa shape index (κ2) is 10.9. The van der Waals surface area contributed by atoms with E-state index in [1.807, 2.05) is 49.4 Å². The third kappa shape index (κ3) is 5.24. The number of ether oxygens (including phenoxy) is 1. The highest BCUT2D eigenvalue weighted by Crippen LogP contribution is 2.23. The van der Waals surface area contributed by atoms with Gasteiger partial charge in [0.25, 0.3) is 0 Å². The second-order valence-electron chi connectivity index (χ2n) is 8.37. The van der Waals surface area contributed by atoms with Crippen LogP contribution in [0.3, 0.4) is 0 Å². The van der Waals surface area contributed by atoms with Gasteiger partial charge < -0.3 is 4.74 Å². The molecule has 178 valence electrons. The van der Waals surface area contributed by atoms with Crippen LogP contribution >= 0.6 is 0 Å². The number of hydrogen-bond donors (Lipinski definition) is 1. The van der Waals surface area contributed by atoms with Gasteiger partial charge in [-0.1, -0.05) is 50.6 Å². The summed E-state index contributed by atoms with van der Waals surface area (Å²) < 4.78 is 9.44. The summed E-state index contributed by atoms with van der Waals surface area (Å²) in [6.45, 7) is 7.85. The van der Waals surface area contributed by atoms with Crippen LogP contribution in [-0.4, -0.2) is 35.0 Å². The zero-order chi connectivity index (χ0) is 23.9. The Morgan fingerprint density at radius 2 is 1.88 bits per heavy atom. The molecular weight excluding hydrogens is 430 g/mol. The van der Waals surface area contributed by atoms with Crippen LogP contribution < -0.4 is 10.4 Å². The SMILES string of the molecule is CCCCn1nc(CCC)n(Cc2ccc(OCc3cccc(-c4nn[nH]n4)c3C)cc2)c1=O. The number of benzene rings is 2. The molecular formula is C25H31N7O2. The van der Waals surface area contributed by atoms with Crippen LogP contribution in [0.25, 0.3) is 11.4 Å². The number of nitrogens with one attached hydrogen (secondary N) is 1. The van der Waals surface area contributed by atoms with Gasteiger partial charge in [-0.2, -0.15) is 10.3 Å². The molecule has 1 N–H and O–H groups in total. The molecule has 9 nitrogen and oxygen atoms in total. The largest absolute Gasteiger partial charge is 0.489 e. The molecule has 9 heteroatoms. The van der Waals surface area contributed by atoms with E-state index in [4.69, 9.17) is 4.74 Å². The molecule has 0 saturated carbocycles. The third-order valence-electron chi connectivity index (χ3n) is 5.89. The molecule has 0 aliphatic carbocycles. The summed E-state index contributed by atoms with van der Waals surface area (Å²) in [6.07, 6.45) is 3.72. The lowest BCUT2D eigenvalue weighted by Gasteiger charge is -2.11. The van der Waals surface area contributed by atoms with Crippen molar-refractivity contribution >= 4 is 0 Å². The van der Waals surface area contributed by atoms with E-state index in [1.54, 1.807) is 9.25 Å². The van der Waals surface area contributed by atoms with Gasteiger partial charge in [-0.15, -0.1) is 10.2 Å².